The largest absolute Gasteiger partial charge is 0.370 e. The first-order valence-electron chi connectivity index (χ1n) is 11.5. The summed E-state index contributed by atoms with van der Waals surface area (Å²) >= 11 is 0. The molecule has 2 amide bonds. The third kappa shape index (κ3) is 5.25. The van der Waals surface area contributed by atoms with E-state index in [0.717, 1.165) is 13.1 Å². The zero-order valence-corrected chi connectivity index (χ0v) is 18.0. The Morgan fingerprint density at radius 2 is 1.90 bits per heavy atom. The molecule has 3 N–H and O–H groups in total. The van der Waals surface area contributed by atoms with E-state index < -0.39 is 11.9 Å². The number of amides is 2. The van der Waals surface area contributed by atoms with Crippen LogP contribution in [0.5, 0.6) is 0 Å². The maximum absolute atomic E-state index is 14.8. The van der Waals surface area contributed by atoms with E-state index in [-0.39, 0.29) is 30.7 Å². The van der Waals surface area contributed by atoms with Crippen molar-refractivity contribution in [2.45, 2.75) is 44.6 Å². The van der Waals surface area contributed by atoms with Crippen molar-refractivity contribution >= 4 is 23.2 Å². The van der Waals surface area contributed by atoms with Gasteiger partial charge >= 0.3 is 0 Å². The molecule has 4 rings (SSSR count). The van der Waals surface area contributed by atoms with Crippen LogP contribution in [-0.2, 0) is 14.3 Å². The molecule has 31 heavy (non-hydrogen) atoms. The molecule has 0 aromatic heterocycles. The summed E-state index contributed by atoms with van der Waals surface area (Å²) in [4.78, 5) is 28.8. The molecule has 0 spiro atoms. The minimum absolute atomic E-state index is 0.00386. The molecule has 7 nitrogen and oxygen atoms in total. The number of carbonyl (C=O) groups excluding carboxylic acids is 2. The van der Waals surface area contributed by atoms with Gasteiger partial charge in [0.15, 0.2) is 0 Å². The molecule has 0 bridgehead atoms. The summed E-state index contributed by atoms with van der Waals surface area (Å²) in [6.45, 7) is 2.76. The Bertz CT molecular complexity index is 781. The van der Waals surface area contributed by atoms with E-state index in [9.17, 15) is 14.0 Å². The first-order valence-corrected chi connectivity index (χ1v) is 11.5. The van der Waals surface area contributed by atoms with Crippen molar-refractivity contribution in [3.63, 3.8) is 0 Å². The van der Waals surface area contributed by atoms with Crippen LogP contribution in [0.25, 0.3) is 0 Å². The number of hydrogen-bond acceptors (Lipinski definition) is 5. The Kier molecular flexibility index (Phi) is 7.20. The Balaban J connectivity index is 1.43. The van der Waals surface area contributed by atoms with Crippen LogP contribution in [0.1, 0.15) is 38.5 Å². The third-order valence-electron chi connectivity index (χ3n) is 6.91. The molecular formula is C23H33FN4O3. The van der Waals surface area contributed by atoms with Crippen molar-refractivity contribution in [1.29, 1.82) is 0 Å². The van der Waals surface area contributed by atoms with E-state index in [4.69, 9.17) is 10.5 Å². The SMILES string of the molecule is NC[C@@H](C(=O)Nc1ccc(N2CCOCC2=O)cc1F)N(CC1CCC1)CC1CCC1. The van der Waals surface area contributed by atoms with Crippen LogP contribution in [-0.4, -0.2) is 62.1 Å². The summed E-state index contributed by atoms with van der Waals surface area (Å²) in [5.74, 6) is 0.224. The highest BCUT2D eigenvalue weighted by Gasteiger charge is 2.32. The van der Waals surface area contributed by atoms with E-state index in [1.807, 2.05) is 0 Å². The van der Waals surface area contributed by atoms with E-state index in [0.29, 0.717) is 30.7 Å². The first-order chi connectivity index (χ1) is 15.0. The number of carbonyl (C=O) groups is 2. The number of nitrogens with one attached hydrogen (secondary N) is 1. The third-order valence-corrected chi connectivity index (χ3v) is 6.91. The molecular weight excluding hydrogens is 399 g/mol. The van der Waals surface area contributed by atoms with Crippen LogP contribution in [0.15, 0.2) is 18.2 Å². The minimum Gasteiger partial charge on any atom is -0.370 e. The normalized spacial score (nSPS) is 21.0. The van der Waals surface area contributed by atoms with E-state index in [1.54, 1.807) is 6.07 Å². The standard InChI is InChI=1S/C23H33FN4O3/c24-19-11-18(28-9-10-31-15-22(28)29)7-8-20(19)26-23(30)21(12-25)27(13-16-3-1-4-16)14-17-5-2-6-17/h7-8,11,16-17,21H,1-6,9-10,12-15,25H2,(H,26,30)/t21-/m0/s1. The lowest BCUT2D eigenvalue weighted by Gasteiger charge is -2.40. The molecule has 0 unspecified atom stereocenters. The van der Waals surface area contributed by atoms with E-state index in [2.05, 4.69) is 10.2 Å². The van der Waals surface area contributed by atoms with Crippen LogP contribution in [0.3, 0.4) is 0 Å². The average molecular weight is 433 g/mol. The second-order valence-electron chi connectivity index (χ2n) is 9.05. The average Bonchev–Trinajstić information content (AvgIpc) is 2.69. The maximum Gasteiger partial charge on any atom is 0.253 e. The summed E-state index contributed by atoms with van der Waals surface area (Å²) in [5, 5.41) is 2.74. The van der Waals surface area contributed by atoms with Gasteiger partial charge in [-0.2, -0.15) is 0 Å². The molecule has 2 saturated carbocycles. The molecule has 2 aliphatic carbocycles. The second-order valence-corrected chi connectivity index (χ2v) is 9.05. The quantitative estimate of drug-likeness (QED) is 0.626. The lowest BCUT2D eigenvalue weighted by molar-refractivity contribution is -0.125. The van der Waals surface area contributed by atoms with E-state index >= 15 is 0 Å². The molecule has 0 radical (unpaired) electrons. The highest BCUT2D eigenvalue weighted by molar-refractivity contribution is 5.97. The second kappa shape index (κ2) is 10.1. The Morgan fingerprint density at radius 3 is 2.42 bits per heavy atom. The van der Waals surface area contributed by atoms with Gasteiger partial charge in [-0.25, -0.2) is 4.39 Å². The van der Waals surface area contributed by atoms with E-state index in [1.165, 1.54) is 55.6 Å². The molecule has 1 aliphatic heterocycles. The Hall–Kier alpha value is -2.03. The van der Waals surface area contributed by atoms with Crippen molar-refractivity contribution in [2.75, 3.05) is 49.6 Å². The molecule has 3 aliphatic rings. The fraction of sp³-hybridized carbons (Fsp3) is 0.652. The minimum atomic E-state index is -0.564. The Morgan fingerprint density at radius 1 is 1.23 bits per heavy atom. The van der Waals surface area contributed by atoms with Gasteiger partial charge in [0, 0.05) is 31.9 Å². The number of ether oxygens (including phenoxy) is 1. The molecule has 8 heteroatoms. The molecule has 170 valence electrons. The fourth-order valence-corrected chi connectivity index (χ4v) is 4.55. The van der Waals surface area contributed by atoms with Gasteiger partial charge in [0.25, 0.3) is 5.91 Å². The number of anilines is 2. The van der Waals surface area contributed by atoms with Gasteiger partial charge in [-0.1, -0.05) is 12.8 Å². The van der Waals surface area contributed by atoms with Gasteiger partial charge in [-0.15, -0.1) is 0 Å². The zero-order chi connectivity index (χ0) is 21.8. The number of nitrogens with two attached hydrogens (primary N) is 1. The van der Waals surface area contributed by atoms with Gasteiger partial charge in [0.05, 0.1) is 12.3 Å². The lowest BCUT2D eigenvalue weighted by atomic mass is 9.82. The molecule has 3 fully saturated rings. The fourth-order valence-electron chi connectivity index (χ4n) is 4.55. The predicted molar refractivity (Wildman–Crippen MR) is 117 cm³/mol. The first kappa shape index (κ1) is 22.2. The molecule has 1 aromatic rings. The summed E-state index contributed by atoms with van der Waals surface area (Å²) in [7, 11) is 0. The topological polar surface area (TPSA) is 87.9 Å². The summed E-state index contributed by atoms with van der Waals surface area (Å²) in [6.07, 6.45) is 7.33. The summed E-state index contributed by atoms with van der Waals surface area (Å²) < 4.78 is 19.9. The zero-order valence-electron chi connectivity index (χ0n) is 18.0. The highest BCUT2D eigenvalue weighted by Crippen LogP contribution is 2.32. The van der Waals surface area contributed by atoms with Gasteiger partial charge < -0.3 is 20.7 Å². The number of rotatable bonds is 9. The number of nitrogens with zero attached hydrogens (tertiary/aromatic N) is 2. The van der Waals surface area contributed by atoms with Crippen LogP contribution in [0, 0.1) is 17.7 Å². The Labute approximate surface area is 183 Å². The molecule has 1 aromatic carbocycles. The van der Waals surface area contributed by atoms with Crippen LogP contribution in [0.4, 0.5) is 15.8 Å². The monoisotopic (exact) mass is 432 g/mol. The number of hydrogen-bond donors (Lipinski definition) is 2. The summed E-state index contributed by atoms with van der Waals surface area (Å²) in [5.41, 5.74) is 6.60. The van der Waals surface area contributed by atoms with Gasteiger partial charge in [-0.05, 0) is 55.7 Å². The number of benzene rings is 1. The number of morpholine rings is 1. The van der Waals surface area contributed by atoms with Crippen LogP contribution >= 0.6 is 0 Å². The smallest absolute Gasteiger partial charge is 0.253 e. The van der Waals surface area contributed by atoms with Crippen molar-refractivity contribution in [3.8, 4) is 0 Å². The van der Waals surface area contributed by atoms with Crippen molar-refractivity contribution < 1.29 is 18.7 Å². The lowest BCUT2D eigenvalue weighted by Crippen LogP contribution is -2.52. The maximum atomic E-state index is 14.8. The van der Waals surface area contributed by atoms with Crippen molar-refractivity contribution in [1.82, 2.24) is 4.90 Å². The summed E-state index contributed by atoms with van der Waals surface area (Å²) in [6, 6.07) is 3.98. The van der Waals surface area contributed by atoms with Crippen LogP contribution in [0.2, 0.25) is 0 Å². The molecule has 1 saturated heterocycles. The van der Waals surface area contributed by atoms with Crippen molar-refractivity contribution in [3.05, 3.63) is 24.0 Å². The van der Waals surface area contributed by atoms with Crippen LogP contribution < -0.4 is 16.0 Å². The number of halogens is 1. The highest BCUT2D eigenvalue weighted by atomic mass is 19.1. The predicted octanol–water partition coefficient (Wildman–Crippen LogP) is 2.36. The molecule has 1 atom stereocenters. The van der Waals surface area contributed by atoms with Gasteiger partial charge in [-0.3, -0.25) is 14.5 Å². The van der Waals surface area contributed by atoms with Gasteiger partial charge in [0.1, 0.15) is 18.5 Å². The van der Waals surface area contributed by atoms with Gasteiger partial charge in [0.2, 0.25) is 5.91 Å². The molecule has 1 heterocycles. The van der Waals surface area contributed by atoms with Crippen molar-refractivity contribution in [2.24, 2.45) is 17.6 Å².